The Kier molecular flexibility index (Phi) is 8.35. The lowest BCUT2D eigenvalue weighted by atomic mass is 10.1. The summed E-state index contributed by atoms with van der Waals surface area (Å²) in [6, 6.07) is 7.52. The van der Waals surface area contributed by atoms with Crippen LogP contribution in [0.3, 0.4) is 0 Å². The van der Waals surface area contributed by atoms with Crippen molar-refractivity contribution in [1.29, 1.82) is 0 Å². The van der Waals surface area contributed by atoms with Gasteiger partial charge >= 0.3 is 6.09 Å². The summed E-state index contributed by atoms with van der Waals surface area (Å²) in [6.07, 6.45) is 7.04. The number of carbonyl (C=O) groups is 1. The third kappa shape index (κ3) is 8.05. The van der Waals surface area contributed by atoms with Crippen LogP contribution in [0.4, 0.5) is 10.5 Å². The standard InChI is InChI=1S/C23H32N6O2S/c1-23(2,3)27-21(32)26-19-8-9-20(25-17-19)31-22(30)29-14-12-28(13-15-29)11-5-7-18-6-4-10-24-16-18/h4,6,8-10,16-17H,5,7,11-15H2,1-3H3,(H2,26,27,32). The third-order valence-corrected chi connectivity index (χ3v) is 5.17. The summed E-state index contributed by atoms with van der Waals surface area (Å²) < 4.78 is 5.44. The summed E-state index contributed by atoms with van der Waals surface area (Å²) >= 11 is 5.28. The van der Waals surface area contributed by atoms with Gasteiger partial charge in [-0.15, -0.1) is 0 Å². The highest BCUT2D eigenvalue weighted by Crippen LogP contribution is 2.14. The van der Waals surface area contributed by atoms with Crippen molar-refractivity contribution in [2.45, 2.75) is 39.2 Å². The quantitative estimate of drug-likeness (QED) is 0.641. The van der Waals surface area contributed by atoms with E-state index in [-0.39, 0.29) is 17.5 Å². The Balaban J connectivity index is 1.37. The van der Waals surface area contributed by atoms with E-state index in [1.54, 1.807) is 29.4 Å². The molecule has 0 aliphatic carbocycles. The molecule has 3 heterocycles. The molecular formula is C23H32N6O2S. The first-order chi connectivity index (χ1) is 15.3. The highest BCUT2D eigenvalue weighted by atomic mass is 32.1. The molecule has 0 unspecified atom stereocenters. The maximum atomic E-state index is 12.5. The molecule has 2 N–H and O–H groups in total. The molecule has 8 nitrogen and oxygen atoms in total. The monoisotopic (exact) mass is 456 g/mol. The van der Waals surface area contributed by atoms with E-state index in [4.69, 9.17) is 17.0 Å². The lowest BCUT2D eigenvalue weighted by Crippen LogP contribution is -2.49. The first-order valence-electron chi connectivity index (χ1n) is 10.9. The van der Waals surface area contributed by atoms with Crippen molar-refractivity contribution in [3.8, 4) is 5.88 Å². The molecule has 9 heteroatoms. The number of hydrogen-bond acceptors (Lipinski definition) is 6. The number of pyridine rings is 2. The lowest BCUT2D eigenvalue weighted by Gasteiger charge is -2.33. The summed E-state index contributed by atoms with van der Waals surface area (Å²) in [5.41, 5.74) is 1.86. The Morgan fingerprint density at radius 1 is 1.16 bits per heavy atom. The van der Waals surface area contributed by atoms with E-state index in [1.807, 2.05) is 33.0 Å². The Morgan fingerprint density at radius 3 is 2.56 bits per heavy atom. The van der Waals surface area contributed by atoms with Crippen LogP contribution in [0.25, 0.3) is 0 Å². The van der Waals surface area contributed by atoms with Gasteiger partial charge in [-0.2, -0.15) is 0 Å². The largest absolute Gasteiger partial charge is 0.416 e. The Morgan fingerprint density at radius 2 is 1.94 bits per heavy atom. The molecular weight excluding hydrogens is 424 g/mol. The average Bonchev–Trinajstić information content (AvgIpc) is 2.75. The summed E-state index contributed by atoms with van der Waals surface area (Å²) in [6.45, 7) is 10.1. The molecule has 172 valence electrons. The molecule has 1 aliphatic rings. The molecule has 1 fully saturated rings. The third-order valence-electron chi connectivity index (χ3n) is 4.97. The smallest absolute Gasteiger partial charge is 0.391 e. The molecule has 0 spiro atoms. The molecule has 3 rings (SSSR count). The van der Waals surface area contributed by atoms with E-state index in [0.717, 1.165) is 38.2 Å². The number of piperazine rings is 1. The van der Waals surface area contributed by atoms with Gasteiger partial charge < -0.3 is 20.3 Å². The number of aromatic nitrogens is 2. The van der Waals surface area contributed by atoms with Crippen LogP contribution in [-0.2, 0) is 6.42 Å². The molecule has 2 aromatic rings. The summed E-state index contributed by atoms with van der Waals surface area (Å²) in [4.78, 5) is 25.0. The van der Waals surface area contributed by atoms with Crippen LogP contribution in [0.2, 0.25) is 0 Å². The number of anilines is 1. The first-order valence-corrected chi connectivity index (χ1v) is 11.3. The number of carbonyl (C=O) groups excluding carboxylic acids is 1. The van der Waals surface area contributed by atoms with Crippen LogP contribution in [0.15, 0.2) is 42.9 Å². The topological polar surface area (TPSA) is 82.6 Å². The molecule has 0 saturated carbocycles. The Bertz CT molecular complexity index is 878. The predicted molar refractivity (Wildman–Crippen MR) is 130 cm³/mol. The number of nitrogens with one attached hydrogen (secondary N) is 2. The van der Waals surface area contributed by atoms with E-state index in [0.29, 0.717) is 18.2 Å². The fourth-order valence-electron chi connectivity index (χ4n) is 3.38. The summed E-state index contributed by atoms with van der Waals surface area (Å²) in [5.74, 6) is 0.272. The van der Waals surface area contributed by atoms with Gasteiger partial charge in [-0.1, -0.05) is 6.07 Å². The maximum absolute atomic E-state index is 12.5. The minimum Gasteiger partial charge on any atom is -0.391 e. The predicted octanol–water partition coefficient (Wildman–Crippen LogP) is 3.31. The average molecular weight is 457 g/mol. The van der Waals surface area contributed by atoms with Gasteiger partial charge in [0.15, 0.2) is 5.11 Å². The van der Waals surface area contributed by atoms with Crippen LogP contribution in [0.1, 0.15) is 32.8 Å². The number of amides is 1. The molecule has 1 aliphatic heterocycles. The van der Waals surface area contributed by atoms with Crippen molar-refractivity contribution in [2.24, 2.45) is 0 Å². The highest BCUT2D eigenvalue weighted by Gasteiger charge is 2.22. The van der Waals surface area contributed by atoms with Crippen molar-refractivity contribution in [3.63, 3.8) is 0 Å². The van der Waals surface area contributed by atoms with Crippen molar-refractivity contribution < 1.29 is 9.53 Å². The Hall–Kier alpha value is -2.78. The number of ether oxygens (including phenoxy) is 1. The van der Waals surface area contributed by atoms with Gasteiger partial charge in [-0.3, -0.25) is 9.88 Å². The van der Waals surface area contributed by atoms with Gasteiger partial charge in [0, 0.05) is 50.2 Å². The van der Waals surface area contributed by atoms with E-state index >= 15 is 0 Å². The zero-order valence-corrected chi connectivity index (χ0v) is 19.8. The Labute approximate surface area is 195 Å². The number of rotatable bonds is 6. The fraction of sp³-hybridized carbons (Fsp3) is 0.478. The van der Waals surface area contributed by atoms with Gasteiger partial charge in [-0.25, -0.2) is 9.78 Å². The number of thiocarbonyl (C=S) groups is 1. The zero-order chi connectivity index (χ0) is 23.0. The molecule has 0 bridgehead atoms. The van der Waals surface area contributed by atoms with E-state index < -0.39 is 0 Å². The molecule has 0 aromatic carbocycles. The molecule has 1 amide bonds. The molecule has 1 saturated heterocycles. The minimum absolute atomic E-state index is 0.129. The number of aryl methyl sites for hydroxylation is 1. The first kappa shape index (κ1) is 23.9. The van der Waals surface area contributed by atoms with Crippen LogP contribution >= 0.6 is 12.2 Å². The van der Waals surface area contributed by atoms with Crippen LogP contribution in [-0.4, -0.2) is 69.2 Å². The second kappa shape index (κ2) is 11.2. The normalized spacial score (nSPS) is 14.7. The van der Waals surface area contributed by atoms with Crippen molar-refractivity contribution in [2.75, 3.05) is 38.0 Å². The number of hydrogen-bond donors (Lipinski definition) is 2. The lowest BCUT2D eigenvalue weighted by molar-refractivity contribution is 0.109. The van der Waals surface area contributed by atoms with Crippen molar-refractivity contribution in [3.05, 3.63) is 48.4 Å². The molecule has 2 aromatic heterocycles. The van der Waals surface area contributed by atoms with Gasteiger partial charge in [0.25, 0.3) is 0 Å². The summed E-state index contributed by atoms with van der Waals surface area (Å²) in [7, 11) is 0. The van der Waals surface area contributed by atoms with E-state index in [1.165, 1.54) is 5.56 Å². The van der Waals surface area contributed by atoms with E-state index in [9.17, 15) is 4.79 Å². The molecule has 0 radical (unpaired) electrons. The van der Waals surface area contributed by atoms with E-state index in [2.05, 4.69) is 31.6 Å². The summed E-state index contributed by atoms with van der Waals surface area (Å²) in [5, 5.41) is 6.76. The maximum Gasteiger partial charge on any atom is 0.416 e. The van der Waals surface area contributed by atoms with Crippen LogP contribution < -0.4 is 15.4 Å². The van der Waals surface area contributed by atoms with Gasteiger partial charge in [0.1, 0.15) is 0 Å². The highest BCUT2D eigenvalue weighted by molar-refractivity contribution is 7.80. The van der Waals surface area contributed by atoms with Crippen LogP contribution in [0, 0.1) is 0 Å². The van der Waals surface area contributed by atoms with Crippen molar-refractivity contribution in [1.82, 2.24) is 25.1 Å². The zero-order valence-electron chi connectivity index (χ0n) is 19.0. The van der Waals surface area contributed by atoms with Gasteiger partial charge in [0.05, 0.1) is 11.9 Å². The van der Waals surface area contributed by atoms with Crippen molar-refractivity contribution >= 4 is 29.1 Å². The number of nitrogens with zero attached hydrogens (tertiary/aromatic N) is 4. The molecule has 0 atom stereocenters. The second-order valence-corrected chi connectivity index (χ2v) is 9.28. The fourth-order valence-corrected chi connectivity index (χ4v) is 3.80. The SMILES string of the molecule is CC(C)(C)NC(=S)Nc1ccc(OC(=O)N2CCN(CCCc3cccnc3)CC2)nc1. The minimum atomic E-state index is -0.363. The molecule has 32 heavy (non-hydrogen) atoms. The van der Waals surface area contributed by atoms with Gasteiger partial charge in [0.2, 0.25) is 5.88 Å². The van der Waals surface area contributed by atoms with Crippen LogP contribution in [0.5, 0.6) is 5.88 Å². The second-order valence-electron chi connectivity index (χ2n) is 8.88. The van der Waals surface area contributed by atoms with Gasteiger partial charge in [-0.05, 0) is 70.1 Å².